The van der Waals surface area contributed by atoms with E-state index in [-0.39, 0.29) is 6.10 Å². The van der Waals surface area contributed by atoms with E-state index in [2.05, 4.69) is 6.07 Å². The smallest absolute Gasteiger partial charge is 0.240 e. The Balaban J connectivity index is 2.64. The normalized spacial score (nSPS) is 16.2. The molecule has 3 atom stereocenters. The third kappa shape index (κ3) is 3.96. The third-order valence-corrected chi connectivity index (χ3v) is 7.18. The van der Waals surface area contributed by atoms with Crippen molar-refractivity contribution < 1.29 is 9.09 Å². The molecule has 4 heteroatoms. The molecule has 0 heterocycles. The van der Waals surface area contributed by atoms with Gasteiger partial charge in [-0.05, 0) is 45.4 Å². The van der Waals surface area contributed by atoms with Crippen molar-refractivity contribution >= 4 is 12.7 Å². The highest BCUT2D eigenvalue weighted by Gasteiger charge is 2.41. The lowest BCUT2D eigenvalue weighted by atomic mass is 10.0. The van der Waals surface area contributed by atoms with Crippen molar-refractivity contribution in [2.24, 2.45) is 5.92 Å². The summed E-state index contributed by atoms with van der Waals surface area (Å²) < 4.78 is 20.0. The molecule has 0 amide bonds. The second-order valence-corrected chi connectivity index (χ2v) is 8.84. The summed E-state index contributed by atoms with van der Waals surface area (Å²) >= 11 is 0. The average Bonchev–Trinajstić information content (AvgIpc) is 2.56. The molecule has 3 unspecified atom stereocenters. The molecule has 2 rings (SSSR count). The van der Waals surface area contributed by atoms with Gasteiger partial charge in [-0.15, -0.1) is 0 Å². The Morgan fingerprint density at radius 1 is 1.00 bits per heavy atom. The molecule has 0 aliphatic carbocycles. The molecule has 2 aromatic carbocycles. The topological polar surface area (TPSA) is 50.1 Å². The first-order chi connectivity index (χ1) is 11.4. The Morgan fingerprint density at radius 2 is 1.58 bits per heavy atom. The molecule has 0 fully saturated rings. The van der Waals surface area contributed by atoms with Gasteiger partial charge in [0, 0.05) is 5.30 Å². The fourth-order valence-electron chi connectivity index (χ4n) is 2.85. The van der Waals surface area contributed by atoms with Crippen molar-refractivity contribution in [1.82, 2.24) is 0 Å². The van der Waals surface area contributed by atoms with Gasteiger partial charge in [0.1, 0.15) is 0 Å². The maximum absolute atomic E-state index is 14.0. The number of aryl methyl sites for hydroxylation is 1. The van der Waals surface area contributed by atoms with Crippen LogP contribution < -0.4 is 5.30 Å². The quantitative estimate of drug-likeness (QED) is 0.676. The van der Waals surface area contributed by atoms with Gasteiger partial charge < -0.3 is 4.52 Å². The Morgan fingerprint density at radius 3 is 2.08 bits per heavy atom. The third-order valence-electron chi connectivity index (χ3n) is 3.95. The van der Waals surface area contributed by atoms with Crippen molar-refractivity contribution in [3.8, 4) is 6.07 Å². The van der Waals surface area contributed by atoms with Gasteiger partial charge in [0.15, 0.2) is 0 Å². The maximum atomic E-state index is 14.0. The van der Waals surface area contributed by atoms with Crippen LogP contribution in [0.25, 0.3) is 0 Å². The number of rotatable bonds is 6. The predicted octanol–water partition coefficient (Wildman–Crippen LogP) is 5.22. The predicted molar refractivity (Wildman–Crippen MR) is 98.6 cm³/mol. The van der Waals surface area contributed by atoms with Gasteiger partial charge in [-0.25, -0.2) is 0 Å². The number of nitrogens with zero attached hydrogens (tertiary/aromatic N) is 1. The number of nitriles is 1. The molecule has 126 valence electrons. The summed E-state index contributed by atoms with van der Waals surface area (Å²) in [7, 11) is -3.27. The Kier molecular flexibility index (Phi) is 5.99. The summed E-state index contributed by atoms with van der Waals surface area (Å²) in [5, 5.41) is 10.2. The molecule has 3 nitrogen and oxygen atoms in total. The van der Waals surface area contributed by atoms with Gasteiger partial charge in [-0.2, -0.15) is 5.26 Å². The van der Waals surface area contributed by atoms with E-state index in [0.717, 1.165) is 11.1 Å². The SMILES string of the molecule is Cc1ccc(C(C(C)C#N)P(=O)(OC(C)C)c2ccccc2)cc1. The van der Waals surface area contributed by atoms with E-state index < -0.39 is 18.9 Å². The zero-order valence-electron chi connectivity index (χ0n) is 14.6. The van der Waals surface area contributed by atoms with Crippen molar-refractivity contribution in [3.63, 3.8) is 0 Å². The molecule has 0 bridgehead atoms. The van der Waals surface area contributed by atoms with Crippen LogP contribution in [0.4, 0.5) is 0 Å². The highest BCUT2D eigenvalue weighted by atomic mass is 31.2. The van der Waals surface area contributed by atoms with Crippen LogP contribution in [0.5, 0.6) is 0 Å². The van der Waals surface area contributed by atoms with Gasteiger partial charge in [0.05, 0.1) is 23.8 Å². The average molecular weight is 341 g/mol. The molecule has 0 aliphatic rings. The van der Waals surface area contributed by atoms with Gasteiger partial charge in [0.2, 0.25) is 7.37 Å². The standard InChI is InChI=1S/C20H24NO2P/c1-15(2)23-24(22,19-8-6-5-7-9-19)20(17(4)14-21)18-12-10-16(3)11-13-18/h5-13,15,17,20H,1-4H3. The summed E-state index contributed by atoms with van der Waals surface area (Å²) in [5.74, 6) is -0.433. The lowest BCUT2D eigenvalue weighted by Crippen LogP contribution is -2.21. The van der Waals surface area contributed by atoms with Crippen LogP contribution in [-0.4, -0.2) is 6.10 Å². The first-order valence-electron chi connectivity index (χ1n) is 8.18. The van der Waals surface area contributed by atoms with E-state index in [1.807, 2.05) is 82.3 Å². The Hall–Kier alpha value is -1.88. The number of hydrogen-bond donors (Lipinski definition) is 0. The molecule has 2 aromatic rings. The van der Waals surface area contributed by atoms with Gasteiger partial charge in [-0.1, -0.05) is 48.0 Å². The fraction of sp³-hybridized carbons (Fsp3) is 0.350. The maximum Gasteiger partial charge on any atom is 0.240 e. The Bertz CT molecular complexity index is 747. The lowest BCUT2D eigenvalue weighted by molar-refractivity contribution is 0.241. The zero-order chi connectivity index (χ0) is 17.7. The first kappa shape index (κ1) is 18.5. The molecule has 0 aromatic heterocycles. The van der Waals surface area contributed by atoms with E-state index in [1.165, 1.54) is 0 Å². The minimum absolute atomic E-state index is 0.199. The summed E-state index contributed by atoms with van der Waals surface area (Å²) in [6.45, 7) is 7.56. The fourth-order valence-corrected chi connectivity index (χ4v) is 5.86. The van der Waals surface area contributed by atoms with Crippen molar-refractivity contribution in [1.29, 1.82) is 5.26 Å². The molecule has 0 N–H and O–H groups in total. The summed E-state index contributed by atoms with van der Waals surface area (Å²) in [6.07, 6.45) is -0.199. The number of hydrogen-bond acceptors (Lipinski definition) is 3. The summed E-state index contributed by atoms with van der Waals surface area (Å²) in [6, 6.07) is 19.4. The largest absolute Gasteiger partial charge is 0.322 e. The van der Waals surface area contributed by atoms with E-state index in [0.29, 0.717) is 5.30 Å². The van der Waals surface area contributed by atoms with Crippen molar-refractivity contribution in [3.05, 3.63) is 65.7 Å². The second kappa shape index (κ2) is 7.79. The van der Waals surface area contributed by atoms with E-state index in [1.54, 1.807) is 0 Å². The van der Waals surface area contributed by atoms with E-state index >= 15 is 0 Å². The van der Waals surface area contributed by atoms with Crippen LogP contribution in [0, 0.1) is 24.2 Å². The van der Waals surface area contributed by atoms with Gasteiger partial charge >= 0.3 is 0 Å². The van der Waals surface area contributed by atoms with Gasteiger partial charge in [-0.3, -0.25) is 4.57 Å². The number of benzene rings is 2. The molecular weight excluding hydrogens is 317 g/mol. The molecule has 0 saturated heterocycles. The second-order valence-electron chi connectivity index (χ2n) is 6.36. The van der Waals surface area contributed by atoms with Crippen LogP contribution in [0.1, 0.15) is 37.6 Å². The first-order valence-corrected chi connectivity index (χ1v) is 9.87. The molecule has 0 saturated carbocycles. The van der Waals surface area contributed by atoms with Crippen LogP contribution in [0.2, 0.25) is 0 Å². The minimum atomic E-state index is -3.27. The molecule has 24 heavy (non-hydrogen) atoms. The molecular formula is C20H24NO2P. The zero-order valence-corrected chi connectivity index (χ0v) is 15.5. The monoisotopic (exact) mass is 341 g/mol. The lowest BCUT2D eigenvalue weighted by Gasteiger charge is -2.31. The molecule has 0 aliphatic heterocycles. The van der Waals surface area contributed by atoms with Crippen LogP contribution in [0.15, 0.2) is 54.6 Å². The van der Waals surface area contributed by atoms with Crippen molar-refractivity contribution in [2.75, 3.05) is 0 Å². The summed E-state index contributed by atoms with van der Waals surface area (Å²) in [4.78, 5) is 0. The summed E-state index contributed by atoms with van der Waals surface area (Å²) in [5.41, 5.74) is 1.51. The van der Waals surface area contributed by atoms with Crippen molar-refractivity contribution in [2.45, 2.75) is 39.5 Å². The Labute approximate surface area is 144 Å². The minimum Gasteiger partial charge on any atom is -0.322 e. The van der Waals surface area contributed by atoms with Crippen LogP contribution in [-0.2, 0) is 9.09 Å². The van der Waals surface area contributed by atoms with Crippen LogP contribution in [0.3, 0.4) is 0 Å². The van der Waals surface area contributed by atoms with Crippen LogP contribution >= 0.6 is 7.37 Å². The van der Waals surface area contributed by atoms with E-state index in [9.17, 15) is 9.83 Å². The molecule has 0 radical (unpaired) electrons. The highest BCUT2D eigenvalue weighted by molar-refractivity contribution is 7.67. The highest BCUT2D eigenvalue weighted by Crippen LogP contribution is 2.62. The van der Waals surface area contributed by atoms with Gasteiger partial charge in [0.25, 0.3) is 0 Å². The van der Waals surface area contributed by atoms with E-state index in [4.69, 9.17) is 4.52 Å². The molecule has 0 spiro atoms.